The highest BCUT2D eigenvalue weighted by Crippen LogP contribution is 2.33. The molecule has 1 unspecified atom stereocenters. The Bertz CT molecular complexity index is 1010. The molecule has 3 rings (SSSR count). The average molecular weight is 438 g/mol. The van der Waals surface area contributed by atoms with Crippen molar-refractivity contribution in [1.29, 1.82) is 0 Å². The van der Waals surface area contributed by atoms with E-state index in [0.717, 1.165) is 0 Å². The zero-order valence-electron chi connectivity index (χ0n) is 17.8. The molecule has 0 radical (unpaired) electrons. The maximum Gasteiger partial charge on any atom is 0.248 e. The quantitative estimate of drug-likeness (QED) is 0.684. The lowest BCUT2D eigenvalue weighted by Gasteiger charge is -2.33. The first-order valence-corrected chi connectivity index (χ1v) is 11.1. The van der Waals surface area contributed by atoms with E-state index < -0.39 is 15.9 Å². The molecule has 1 atom stereocenters. The molecular formula is C20H27N3O6S. The smallest absolute Gasteiger partial charge is 0.248 e. The minimum atomic E-state index is -3.79. The van der Waals surface area contributed by atoms with Crippen LogP contribution in [-0.2, 0) is 14.8 Å². The van der Waals surface area contributed by atoms with Crippen LogP contribution in [0.15, 0.2) is 27.6 Å². The summed E-state index contributed by atoms with van der Waals surface area (Å²) in [5.41, 5.74) is 0.965. The summed E-state index contributed by atoms with van der Waals surface area (Å²) in [6.07, 6.45) is 1.21. The number of carbonyl (C=O) groups excluding carboxylic acids is 1. The van der Waals surface area contributed by atoms with Gasteiger partial charge < -0.3 is 18.9 Å². The van der Waals surface area contributed by atoms with Gasteiger partial charge in [-0.2, -0.15) is 4.31 Å². The fraction of sp³-hybridized carbons (Fsp3) is 0.500. The minimum Gasteiger partial charge on any atom is -0.493 e. The number of anilines is 1. The van der Waals surface area contributed by atoms with Gasteiger partial charge in [-0.3, -0.25) is 4.79 Å². The van der Waals surface area contributed by atoms with Gasteiger partial charge in [0, 0.05) is 31.9 Å². The average Bonchev–Trinajstić information content (AvgIpc) is 3.10. The fourth-order valence-corrected chi connectivity index (χ4v) is 5.58. The number of nitrogens with zero attached hydrogens (tertiary/aromatic N) is 3. The molecule has 0 aliphatic carbocycles. The number of amides is 1. The van der Waals surface area contributed by atoms with Crippen molar-refractivity contribution in [3.8, 4) is 11.5 Å². The maximum absolute atomic E-state index is 13.1. The van der Waals surface area contributed by atoms with E-state index in [2.05, 4.69) is 5.16 Å². The highest BCUT2D eigenvalue weighted by molar-refractivity contribution is 7.89. The van der Waals surface area contributed by atoms with E-state index in [0.29, 0.717) is 42.3 Å². The van der Waals surface area contributed by atoms with Gasteiger partial charge in [0.25, 0.3) is 0 Å². The van der Waals surface area contributed by atoms with Crippen LogP contribution in [-0.4, -0.2) is 58.1 Å². The van der Waals surface area contributed by atoms with E-state index in [9.17, 15) is 13.2 Å². The molecule has 2 aromatic rings. The van der Waals surface area contributed by atoms with Gasteiger partial charge in [0.2, 0.25) is 15.9 Å². The van der Waals surface area contributed by atoms with Crippen molar-refractivity contribution in [1.82, 2.24) is 9.46 Å². The Morgan fingerprint density at radius 2 is 1.93 bits per heavy atom. The monoisotopic (exact) mass is 437 g/mol. The summed E-state index contributed by atoms with van der Waals surface area (Å²) in [6, 6.07) is 5.21. The molecular weight excluding hydrogens is 410 g/mol. The molecule has 1 aromatic heterocycles. The first-order chi connectivity index (χ1) is 14.2. The molecule has 2 heterocycles. The molecule has 10 heteroatoms. The number of piperidine rings is 1. The number of rotatable bonds is 6. The number of aryl methyl sites for hydroxylation is 2. The van der Waals surface area contributed by atoms with Crippen LogP contribution in [0.1, 0.15) is 24.3 Å². The van der Waals surface area contributed by atoms with Gasteiger partial charge in [-0.05, 0) is 38.8 Å². The van der Waals surface area contributed by atoms with Crippen LogP contribution < -0.4 is 14.4 Å². The molecule has 1 saturated heterocycles. The highest BCUT2D eigenvalue weighted by atomic mass is 32.2. The normalized spacial score (nSPS) is 17.6. The van der Waals surface area contributed by atoms with Crippen LogP contribution in [0.4, 0.5) is 5.69 Å². The van der Waals surface area contributed by atoms with Crippen LogP contribution in [0.3, 0.4) is 0 Å². The van der Waals surface area contributed by atoms with E-state index in [4.69, 9.17) is 14.0 Å². The Kier molecular flexibility index (Phi) is 6.37. The Hall–Kier alpha value is -2.59. The Labute approximate surface area is 176 Å². The molecule has 1 aromatic carbocycles. The largest absolute Gasteiger partial charge is 0.493 e. The van der Waals surface area contributed by atoms with Gasteiger partial charge in [-0.25, -0.2) is 8.42 Å². The van der Waals surface area contributed by atoms with Crippen LogP contribution >= 0.6 is 0 Å². The lowest BCUT2D eigenvalue weighted by atomic mass is 9.98. The molecule has 164 valence electrons. The first-order valence-electron chi connectivity index (χ1n) is 9.63. The first kappa shape index (κ1) is 22.1. The number of hydrogen-bond acceptors (Lipinski definition) is 7. The third kappa shape index (κ3) is 4.01. The lowest BCUT2D eigenvalue weighted by Crippen LogP contribution is -2.46. The minimum absolute atomic E-state index is 0.0869. The second kappa shape index (κ2) is 8.65. The predicted molar refractivity (Wildman–Crippen MR) is 110 cm³/mol. The van der Waals surface area contributed by atoms with E-state index >= 15 is 0 Å². The summed E-state index contributed by atoms with van der Waals surface area (Å²) in [5.74, 6) is 0.730. The van der Waals surface area contributed by atoms with Crippen LogP contribution in [0.5, 0.6) is 11.5 Å². The van der Waals surface area contributed by atoms with E-state index in [1.165, 1.54) is 16.3 Å². The number of methoxy groups -OCH3 is 2. The van der Waals surface area contributed by atoms with Crippen molar-refractivity contribution in [3.05, 3.63) is 29.7 Å². The van der Waals surface area contributed by atoms with Gasteiger partial charge in [0.15, 0.2) is 17.3 Å². The zero-order valence-corrected chi connectivity index (χ0v) is 18.7. The number of ether oxygens (including phenoxy) is 2. The second-order valence-electron chi connectivity index (χ2n) is 7.29. The van der Waals surface area contributed by atoms with E-state index in [1.54, 1.807) is 46.2 Å². The molecule has 1 aliphatic rings. The molecule has 0 N–H and O–H groups in total. The Morgan fingerprint density at radius 3 is 2.53 bits per heavy atom. The van der Waals surface area contributed by atoms with Crippen molar-refractivity contribution in [3.63, 3.8) is 0 Å². The molecule has 0 spiro atoms. The highest BCUT2D eigenvalue weighted by Gasteiger charge is 2.37. The van der Waals surface area contributed by atoms with Gasteiger partial charge in [-0.1, -0.05) is 5.16 Å². The van der Waals surface area contributed by atoms with Crippen molar-refractivity contribution in [2.75, 3.05) is 39.3 Å². The number of benzene rings is 1. The standard InChI is InChI=1S/C20H27N3O6S/c1-13-19(14(2)29-21-13)30(25,26)23-10-6-7-15(12-23)20(24)22(3)16-8-9-17(27-4)18(11-16)28-5/h8-9,11,15H,6-7,10,12H2,1-5H3. The summed E-state index contributed by atoms with van der Waals surface area (Å²) in [5, 5.41) is 3.75. The van der Waals surface area contributed by atoms with Crippen molar-refractivity contribution in [2.45, 2.75) is 31.6 Å². The number of aromatic nitrogens is 1. The maximum atomic E-state index is 13.1. The molecule has 1 fully saturated rings. The van der Waals surface area contributed by atoms with Gasteiger partial charge >= 0.3 is 0 Å². The summed E-state index contributed by atoms with van der Waals surface area (Å²) < 4.78 is 43.2. The number of hydrogen-bond donors (Lipinski definition) is 0. The SMILES string of the molecule is COc1ccc(N(C)C(=O)C2CCCN(S(=O)(=O)c3c(C)noc3C)C2)cc1OC. The van der Waals surface area contributed by atoms with Crippen LogP contribution in [0.2, 0.25) is 0 Å². The predicted octanol–water partition coefficient (Wildman–Crippen LogP) is 2.37. The van der Waals surface area contributed by atoms with Crippen molar-refractivity contribution < 1.29 is 27.2 Å². The van der Waals surface area contributed by atoms with Crippen molar-refractivity contribution in [2.24, 2.45) is 5.92 Å². The lowest BCUT2D eigenvalue weighted by molar-refractivity contribution is -0.123. The summed E-state index contributed by atoms with van der Waals surface area (Å²) >= 11 is 0. The van der Waals surface area contributed by atoms with Crippen LogP contribution in [0.25, 0.3) is 0 Å². The second-order valence-corrected chi connectivity index (χ2v) is 9.17. The van der Waals surface area contributed by atoms with Gasteiger partial charge in [0.1, 0.15) is 10.6 Å². The Morgan fingerprint density at radius 1 is 1.23 bits per heavy atom. The molecule has 0 saturated carbocycles. The van der Waals surface area contributed by atoms with Gasteiger partial charge in [0.05, 0.1) is 20.1 Å². The summed E-state index contributed by atoms with van der Waals surface area (Å²) in [7, 11) is 0.959. The summed E-state index contributed by atoms with van der Waals surface area (Å²) in [4.78, 5) is 14.8. The number of carbonyl (C=O) groups is 1. The molecule has 1 amide bonds. The topological polar surface area (TPSA) is 102 Å². The third-order valence-corrected chi connectivity index (χ3v) is 7.49. The molecule has 30 heavy (non-hydrogen) atoms. The molecule has 0 bridgehead atoms. The molecule has 1 aliphatic heterocycles. The van der Waals surface area contributed by atoms with Crippen LogP contribution in [0, 0.1) is 19.8 Å². The number of sulfonamides is 1. The zero-order chi connectivity index (χ0) is 22.1. The van der Waals surface area contributed by atoms with Crippen molar-refractivity contribution >= 4 is 21.6 Å². The third-order valence-electron chi connectivity index (χ3n) is 5.38. The Balaban J connectivity index is 1.80. The van der Waals surface area contributed by atoms with Gasteiger partial charge in [-0.15, -0.1) is 0 Å². The van der Waals surface area contributed by atoms with E-state index in [-0.39, 0.29) is 23.1 Å². The molecule has 9 nitrogen and oxygen atoms in total. The summed E-state index contributed by atoms with van der Waals surface area (Å²) in [6.45, 7) is 3.64. The van der Waals surface area contributed by atoms with E-state index in [1.807, 2.05) is 0 Å². The fourth-order valence-electron chi connectivity index (χ4n) is 3.77.